The van der Waals surface area contributed by atoms with E-state index in [0.717, 1.165) is 0 Å². The molecule has 2 aromatic carbocycles. The van der Waals surface area contributed by atoms with Crippen molar-refractivity contribution in [3.8, 4) is 17.2 Å². The highest BCUT2D eigenvalue weighted by Gasteiger charge is 2.13. The van der Waals surface area contributed by atoms with Crippen LogP contribution >= 0.6 is 0 Å². The molecule has 0 saturated carbocycles. The minimum absolute atomic E-state index is 0.0148. The summed E-state index contributed by atoms with van der Waals surface area (Å²) in [6.45, 7) is 2.36. The van der Waals surface area contributed by atoms with Crippen molar-refractivity contribution in [1.82, 2.24) is 5.32 Å². The quantitative estimate of drug-likeness (QED) is 0.898. The molecule has 2 rings (SSSR count). The monoisotopic (exact) mass is 275 g/mol. The van der Waals surface area contributed by atoms with Crippen molar-refractivity contribution in [2.45, 2.75) is 6.92 Å². The standard InChI is InChI=1S/C15H17NO4/c1-4-16-15(18)9-5-12-11(13(17)6-9)7-10(19-2)8-14(12)20-3/h5-8,17H,4H2,1-3H3,(H,16,18). The minimum atomic E-state index is -0.234. The summed E-state index contributed by atoms with van der Waals surface area (Å²) in [7, 11) is 3.07. The van der Waals surface area contributed by atoms with Gasteiger partial charge in [-0.2, -0.15) is 0 Å². The second-order valence-electron chi connectivity index (χ2n) is 4.28. The van der Waals surface area contributed by atoms with Gasteiger partial charge in [0.25, 0.3) is 5.91 Å². The summed E-state index contributed by atoms with van der Waals surface area (Å²) >= 11 is 0. The molecule has 0 aliphatic heterocycles. The summed E-state index contributed by atoms with van der Waals surface area (Å²) in [6, 6.07) is 6.54. The van der Waals surface area contributed by atoms with Gasteiger partial charge in [-0.25, -0.2) is 0 Å². The Hall–Kier alpha value is -2.43. The third kappa shape index (κ3) is 2.47. The van der Waals surface area contributed by atoms with Crippen molar-refractivity contribution in [3.05, 3.63) is 29.8 Å². The van der Waals surface area contributed by atoms with Crippen LogP contribution in [0.3, 0.4) is 0 Å². The Kier molecular flexibility index (Phi) is 3.98. The average Bonchev–Trinajstić information content (AvgIpc) is 2.46. The first-order chi connectivity index (χ1) is 9.60. The van der Waals surface area contributed by atoms with E-state index in [9.17, 15) is 9.90 Å². The Morgan fingerprint density at radius 3 is 2.50 bits per heavy atom. The van der Waals surface area contributed by atoms with Gasteiger partial charge >= 0.3 is 0 Å². The molecule has 5 heteroatoms. The molecule has 0 radical (unpaired) electrons. The van der Waals surface area contributed by atoms with E-state index >= 15 is 0 Å². The van der Waals surface area contributed by atoms with Crippen molar-refractivity contribution in [3.63, 3.8) is 0 Å². The van der Waals surface area contributed by atoms with Crippen LogP contribution in [-0.4, -0.2) is 31.8 Å². The second-order valence-corrected chi connectivity index (χ2v) is 4.28. The third-order valence-electron chi connectivity index (χ3n) is 3.04. The summed E-state index contributed by atoms with van der Waals surface area (Å²) in [4.78, 5) is 11.9. The number of carbonyl (C=O) groups is 1. The molecule has 106 valence electrons. The molecule has 0 saturated heterocycles. The summed E-state index contributed by atoms with van der Waals surface area (Å²) in [5.41, 5.74) is 0.389. The number of amides is 1. The number of fused-ring (bicyclic) bond motifs is 1. The van der Waals surface area contributed by atoms with Crippen LogP contribution in [0.15, 0.2) is 24.3 Å². The van der Waals surface area contributed by atoms with Crippen LogP contribution < -0.4 is 14.8 Å². The smallest absolute Gasteiger partial charge is 0.251 e. The van der Waals surface area contributed by atoms with Gasteiger partial charge < -0.3 is 19.9 Å². The molecular weight excluding hydrogens is 258 g/mol. The molecule has 0 spiro atoms. The Morgan fingerprint density at radius 1 is 1.15 bits per heavy atom. The van der Waals surface area contributed by atoms with Gasteiger partial charge in [-0.05, 0) is 25.1 Å². The molecule has 0 unspecified atom stereocenters. The van der Waals surface area contributed by atoms with Gasteiger partial charge in [0.15, 0.2) is 0 Å². The maximum Gasteiger partial charge on any atom is 0.251 e. The zero-order valence-corrected chi connectivity index (χ0v) is 11.7. The van der Waals surface area contributed by atoms with E-state index in [0.29, 0.717) is 34.4 Å². The highest BCUT2D eigenvalue weighted by molar-refractivity contribution is 6.03. The molecule has 20 heavy (non-hydrogen) atoms. The Bertz CT molecular complexity index is 652. The van der Waals surface area contributed by atoms with Gasteiger partial charge in [-0.1, -0.05) is 0 Å². The normalized spacial score (nSPS) is 10.3. The molecule has 1 amide bonds. The number of rotatable bonds is 4. The van der Waals surface area contributed by atoms with Crippen LogP contribution in [0.4, 0.5) is 0 Å². The zero-order valence-electron chi connectivity index (χ0n) is 11.7. The van der Waals surface area contributed by atoms with E-state index in [1.165, 1.54) is 13.2 Å². The summed E-state index contributed by atoms with van der Waals surface area (Å²) < 4.78 is 10.5. The predicted octanol–water partition coefficient (Wildman–Crippen LogP) is 2.31. The van der Waals surface area contributed by atoms with E-state index in [2.05, 4.69) is 5.32 Å². The molecule has 0 aliphatic carbocycles. The van der Waals surface area contributed by atoms with Gasteiger partial charge in [0.05, 0.1) is 14.2 Å². The first-order valence-electron chi connectivity index (χ1n) is 6.27. The van der Waals surface area contributed by atoms with Gasteiger partial charge in [-0.15, -0.1) is 0 Å². The Balaban J connectivity index is 2.67. The van der Waals surface area contributed by atoms with Crippen molar-refractivity contribution in [1.29, 1.82) is 0 Å². The van der Waals surface area contributed by atoms with Crippen molar-refractivity contribution in [2.75, 3.05) is 20.8 Å². The molecule has 2 aromatic rings. The number of phenols is 1. The van der Waals surface area contributed by atoms with Gasteiger partial charge in [-0.3, -0.25) is 4.79 Å². The fourth-order valence-corrected chi connectivity index (χ4v) is 2.06. The van der Waals surface area contributed by atoms with E-state index in [-0.39, 0.29) is 11.7 Å². The van der Waals surface area contributed by atoms with E-state index in [1.807, 2.05) is 6.92 Å². The first kappa shape index (κ1) is 14.0. The number of hydrogen-bond donors (Lipinski definition) is 2. The number of carbonyl (C=O) groups excluding carboxylic acids is 1. The van der Waals surface area contributed by atoms with Crippen molar-refractivity contribution >= 4 is 16.7 Å². The molecule has 0 heterocycles. The maximum atomic E-state index is 11.9. The molecule has 0 aromatic heterocycles. The van der Waals surface area contributed by atoms with Crippen LogP contribution in [0.5, 0.6) is 17.2 Å². The molecule has 5 nitrogen and oxygen atoms in total. The molecule has 0 fully saturated rings. The highest BCUT2D eigenvalue weighted by Crippen LogP contribution is 2.36. The number of methoxy groups -OCH3 is 2. The van der Waals surface area contributed by atoms with Crippen LogP contribution in [-0.2, 0) is 0 Å². The SMILES string of the molecule is CCNC(=O)c1cc(O)c2cc(OC)cc(OC)c2c1. The number of aromatic hydroxyl groups is 1. The largest absolute Gasteiger partial charge is 0.507 e. The molecule has 0 bridgehead atoms. The number of phenolic OH excluding ortho intramolecular Hbond substituents is 1. The lowest BCUT2D eigenvalue weighted by Crippen LogP contribution is -2.22. The van der Waals surface area contributed by atoms with Crippen LogP contribution in [0.1, 0.15) is 17.3 Å². The summed E-state index contributed by atoms with van der Waals surface area (Å²) in [6.07, 6.45) is 0. The summed E-state index contributed by atoms with van der Waals surface area (Å²) in [5, 5.41) is 14.1. The van der Waals surface area contributed by atoms with E-state index < -0.39 is 0 Å². The van der Waals surface area contributed by atoms with Gasteiger partial charge in [0.2, 0.25) is 0 Å². The first-order valence-corrected chi connectivity index (χ1v) is 6.27. The highest BCUT2D eigenvalue weighted by atomic mass is 16.5. The number of nitrogens with one attached hydrogen (secondary N) is 1. The predicted molar refractivity (Wildman–Crippen MR) is 76.7 cm³/mol. The maximum absolute atomic E-state index is 11.9. The van der Waals surface area contributed by atoms with E-state index in [4.69, 9.17) is 9.47 Å². The third-order valence-corrected chi connectivity index (χ3v) is 3.04. The number of hydrogen-bond acceptors (Lipinski definition) is 4. The van der Waals surface area contributed by atoms with Crippen molar-refractivity contribution in [2.24, 2.45) is 0 Å². The lowest BCUT2D eigenvalue weighted by atomic mass is 10.0. The number of ether oxygens (including phenoxy) is 2. The Labute approximate surface area is 117 Å². The average molecular weight is 275 g/mol. The fraction of sp³-hybridized carbons (Fsp3) is 0.267. The minimum Gasteiger partial charge on any atom is -0.507 e. The van der Waals surface area contributed by atoms with Crippen molar-refractivity contribution < 1.29 is 19.4 Å². The van der Waals surface area contributed by atoms with Crippen LogP contribution in [0, 0.1) is 0 Å². The van der Waals surface area contributed by atoms with Crippen LogP contribution in [0.2, 0.25) is 0 Å². The second kappa shape index (κ2) is 5.69. The molecule has 0 atom stereocenters. The lowest BCUT2D eigenvalue weighted by Gasteiger charge is -2.11. The summed E-state index contributed by atoms with van der Waals surface area (Å²) in [5.74, 6) is 0.903. The zero-order chi connectivity index (χ0) is 14.7. The molecular formula is C15H17NO4. The Morgan fingerprint density at radius 2 is 1.90 bits per heavy atom. The van der Waals surface area contributed by atoms with Gasteiger partial charge in [0, 0.05) is 28.9 Å². The number of benzene rings is 2. The molecule has 2 N–H and O–H groups in total. The van der Waals surface area contributed by atoms with Crippen LogP contribution in [0.25, 0.3) is 10.8 Å². The van der Waals surface area contributed by atoms with Gasteiger partial charge in [0.1, 0.15) is 17.2 Å². The lowest BCUT2D eigenvalue weighted by molar-refractivity contribution is 0.0955. The fourth-order valence-electron chi connectivity index (χ4n) is 2.06. The molecule has 0 aliphatic rings. The topological polar surface area (TPSA) is 67.8 Å². The van der Waals surface area contributed by atoms with E-state index in [1.54, 1.807) is 25.3 Å².